The molecular weight excluding hydrogens is 929 g/mol. The van der Waals surface area contributed by atoms with Crippen molar-refractivity contribution < 1.29 is 28.7 Å². The normalized spacial score (nSPS) is 22.9. The number of alkyl carbamates (subject to hydrolysis) is 2. The van der Waals surface area contributed by atoms with Gasteiger partial charge in [0.25, 0.3) is 0 Å². The maximum Gasteiger partial charge on any atom is 0.407 e. The molecule has 2 aromatic heterocycles. The molecule has 6 aromatic rings. The Morgan fingerprint density at radius 2 is 0.973 bits per heavy atom. The molecule has 0 radical (unpaired) electrons. The third kappa shape index (κ3) is 9.25. The molecule has 384 valence electrons. The van der Waals surface area contributed by atoms with Gasteiger partial charge in [0, 0.05) is 12.1 Å². The van der Waals surface area contributed by atoms with Gasteiger partial charge in [0.2, 0.25) is 11.8 Å². The molecule has 4 bridgehead atoms. The van der Waals surface area contributed by atoms with E-state index in [0.29, 0.717) is 11.8 Å². The van der Waals surface area contributed by atoms with Gasteiger partial charge in [-0.15, -0.1) is 0 Å². The number of imidazole rings is 2. The number of ether oxygens (including phenoxy) is 2. The van der Waals surface area contributed by atoms with Crippen LogP contribution in [-0.4, -0.2) is 92.1 Å². The van der Waals surface area contributed by atoms with E-state index in [4.69, 9.17) is 19.4 Å². The fraction of sp³-hybridized carbons (Fsp3) is 0.433. The van der Waals surface area contributed by atoms with Crippen LogP contribution in [-0.2, 0) is 19.1 Å². The molecule has 4 fully saturated rings. The SMILES string of the molecule is COC(=O)N[C@H](C(=O)N1[C@H](c2nc3ccc(-c4cc5ccc4C=Cc4ccc(c(-c6ccc7nc([C@@H]8C[C@@H]9CCCC[C@@H]9N8C(=O)[C@@H](NC(=O)OC)C(C)C)[nH]c7c6)c4)C=C5)cc3[nH]2)C[C@@H]2CCCC[C@@H]21)C(C)C. The highest BCUT2D eigenvalue weighted by Crippen LogP contribution is 2.48. The number of aromatic amines is 2. The monoisotopic (exact) mass is 997 g/mol. The Balaban J connectivity index is 0.873. The number of methoxy groups -OCH3 is 2. The van der Waals surface area contributed by atoms with E-state index in [1.165, 1.54) is 14.2 Å². The zero-order valence-electron chi connectivity index (χ0n) is 43.3. The number of nitrogens with zero attached hydrogens (tertiary/aromatic N) is 4. The summed E-state index contributed by atoms with van der Waals surface area (Å²) in [6.07, 6.45) is 17.7. The number of hydrogen-bond acceptors (Lipinski definition) is 8. The Bertz CT molecular complexity index is 2990. The summed E-state index contributed by atoms with van der Waals surface area (Å²) < 4.78 is 9.85. The molecule has 8 aliphatic rings. The van der Waals surface area contributed by atoms with Crippen molar-refractivity contribution in [3.63, 3.8) is 0 Å². The number of amides is 4. The molecule has 2 aliphatic heterocycles. The topological polar surface area (TPSA) is 175 Å². The fourth-order valence-electron chi connectivity index (χ4n) is 13.0. The van der Waals surface area contributed by atoms with Crippen LogP contribution in [0, 0.1) is 23.7 Å². The van der Waals surface area contributed by atoms with Crippen molar-refractivity contribution in [2.24, 2.45) is 23.7 Å². The summed E-state index contributed by atoms with van der Waals surface area (Å²) in [7, 11) is 2.65. The number of nitrogens with one attached hydrogen (secondary N) is 4. The van der Waals surface area contributed by atoms with Crippen molar-refractivity contribution >= 4 is 70.4 Å². The van der Waals surface area contributed by atoms with Crippen molar-refractivity contribution in [1.82, 2.24) is 40.4 Å². The molecule has 2 saturated heterocycles. The van der Waals surface area contributed by atoms with Crippen LogP contribution in [0.1, 0.15) is 138 Å². The minimum absolute atomic E-state index is 0.0812. The number of fused-ring (bicyclic) bond motifs is 4. The quantitative estimate of drug-likeness (QED) is 0.105. The average Bonchev–Trinajstić information content (AvgIpc) is 4.21. The molecule has 14 nitrogen and oxygen atoms in total. The highest BCUT2D eigenvalue weighted by Gasteiger charge is 2.50. The van der Waals surface area contributed by atoms with Gasteiger partial charge in [0.15, 0.2) is 0 Å². The smallest absolute Gasteiger partial charge is 0.407 e. The van der Waals surface area contributed by atoms with E-state index in [2.05, 4.69) is 118 Å². The Kier molecular flexibility index (Phi) is 13.4. The second-order valence-electron chi connectivity index (χ2n) is 22.0. The zero-order chi connectivity index (χ0) is 51.4. The predicted molar refractivity (Wildman–Crippen MR) is 289 cm³/mol. The number of likely N-dealkylation sites (tertiary alicyclic amines) is 2. The van der Waals surface area contributed by atoms with Crippen LogP contribution >= 0.6 is 0 Å². The molecule has 4 N–H and O–H groups in total. The number of benzene rings is 4. The van der Waals surface area contributed by atoms with E-state index in [1.54, 1.807) is 0 Å². The minimum atomic E-state index is -0.706. The number of H-pyrrole nitrogens is 2. The number of hydrogen-bond donors (Lipinski definition) is 4. The molecule has 14 heteroatoms. The number of carbonyl (C=O) groups excluding carboxylic acids is 4. The van der Waals surface area contributed by atoms with Gasteiger partial charge >= 0.3 is 12.2 Å². The van der Waals surface area contributed by atoms with E-state index in [-0.39, 0.29) is 47.8 Å². The molecule has 4 amide bonds. The Morgan fingerprint density at radius 3 is 1.38 bits per heavy atom. The third-order valence-corrected chi connectivity index (χ3v) is 16.8. The lowest BCUT2D eigenvalue weighted by molar-refractivity contribution is -0.139. The van der Waals surface area contributed by atoms with Gasteiger partial charge in [-0.05, 0) is 143 Å². The summed E-state index contributed by atoms with van der Waals surface area (Å²) in [5.74, 6) is 1.91. The van der Waals surface area contributed by atoms with Crippen molar-refractivity contribution in [2.45, 2.75) is 128 Å². The van der Waals surface area contributed by atoms with E-state index in [9.17, 15) is 19.2 Å². The molecule has 2 saturated carbocycles. The second-order valence-corrected chi connectivity index (χ2v) is 22.0. The first-order valence-corrected chi connectivity index (χ1v) is 26.8. The summed E-state index contributed by atoms with van der Waals surface area (Å²) in [6.45, 7) is 7.82. The van der Waals surface area contributed by atoms with Crippen LogP contribution in [0.3, 0.4) is 0 Å². The van der Waals surface area contributed by atoms with Crippen LogP contribution in [0.15, 0.2) is 72.8 Å². The summed E-state index contributed by atoms with van der Waals surface area (Å²) in [6, 6.07) is 24.2. The standard InChI is InChI=1S/C60H68N8O6/c1-33(2)53(65-59(71)73-5)57(69)67-49-13-9-7-11-41(49)31-51(67)55-61-45-25-23-39(29-47(45)63-55)43-27-35-15-19-37(43)21-17-36-16-20-38(22-18-35)44(28-36)40-24-26-46-48(30-40)64-56(62-46)52-32-42-12-8-10-14-50(42)68(52)58(70)54(34(3)4)66-60(72)74-6/h15-30,33-34,41-42,49-54H,7-14,31-32H2,1-6H3,(H,61,63)(H,62,64)(H,65,71)(H,66,72)/t41-,42-,49-,50-,51-,52-,53-,54-/m0/s1. The van der Waals surface area contributed by atoms with Gasteiger partial charge < -0.3 is 39.9 Å². The lowest BCUT2D eigenvalue weighted by atomic mass is 9.84. The summed E-state index contributed by atoms with van der Waals surface area (Å²) in [5, 5.41) is 5.66. The van der Waals surface area contributed by atoms with Gasteiger partial charge in [-0.1, -0.05) is 114 Å². The van der Waals surface area contributed by atoms with Crippen LogP contribution in [0.25, 0.3) is 68.6 Å². The number of rotatable bonds is 10. The van der Waals surface area contributed by atoms with Gasteiger partial charge in [0.1, 0.15) is 23.7 Å². The first kappa shape index (κ1) is 49.0. The van der Waals surface area contributed by atoms with Crippen LogP contribution in [0.5, 0.6) is 0 Å². The van der Waals surface area contributed by atoms with E-state index in [0.717, 1.165) is 142 Å². The molecule has 6 aliphatic carbocycles. The molecule has 0 spiro atoms. The average molecular weight is 997 g/mol. The molecule has 4 heterocycles. The van der Waals surface area contributed by atoms with Crippen LogP contribution in [0.4, 0.5) is 9.59 Å². The largest absolute Gasteiger partial charge is 0.453 e. The lowest BCUT2D eigenvalue weighted by Crippen LogP contribution is -2.53. The van der Waals surface area contributed by atoms with Crippen molar-refractivity contribution in [1.29, 1.82) is 0 Å². The minimum Gasteiger partial charge on any atom is -0.453 e. The second kappa shape index (κ2) is 20.2. The zero-order valence-corrected chi connectivity index (χ0v) is 43.3. The highest BCUT2D eigenvalue weighted by molar-refractivity contribution is 5.93. The molecule has 74 heavy (non-hydrogen) atoms. The van der Waals surface area contributed by atoms with E-state index in [1.807, 2.05) is 37.5 Å². The first-order valence-electron chi connectivity index (χ1n) is 26.8. The Labute approximate surface area is 432 Å². The fourth-order valence-corrected chi connectivity index (χ4v) is 13.0. The van der Waals surface area contributed by atoms with Gasteiger partial charge in [0.05, 0.1) is 48.4 Å². The molecule has 14 rings (SSSR count). The summed E-state index contributed by atoms with van der Waals surface area (Å²) >= 11 is 0. The molecule has 4 aromatic carbocycles. The van der Waals surface area contributed by atoms with Crippen molar-refractivity contribution in [2.75, 3.05) is 14.2 Å². The van der Waals surface area contributed by atoms with Gasteiger partial charge in [-0.2, -0.15) is 0 Å². The third-order valence-electron chi connectivity index (χ3n) is 16.8. The summed E-state index contributed by atoms with van der Waals surface area (Å²) in [5.41, 5.74) is 12.1. The predicted octanol–water partition coefficient (Wildman–Crippen LogP) is 11.9. The van der Waals surface area contributed by atoms with Gasteiger partial charge in [-0.25, -0.2) is 19.6 Å². The number of carbonyl (C=O) groups is 4. The Morgan fingerprint density at radius 1 is 0.554 bits per heavy atom. The van der Waals surface area contributed by atoms with Crippen molar-refractivity contribution in [3.05, 3.63) is 107 Å². The van der Waals surface area contributed by atoms with Crippen LogP contribution < -0.4 is 10.6 Å². The van der Waals surface area contributed by atoms with Crippen LogP contribution in [0.2, 0.25) is 0 Å². The maximum absolute atomic E-state index is 14.5. The van der Waals surface area contributed by atoms with E-state index < -0.39 is 24.3 Å². The molecule has 8 atom stereocenters. The Hall–Kier alpha value is -7.22. The number of aromatic nitrogens is 4. The summed E-state index contributed by atoms with van der Waals surface area (Å²) in [4.78, 5) is 75.5. The maximum atomic E-state index is 14.5. The molecular formula is C60H68N8O6. The molecule has 0 unspecified atom stereocenters. The first-order chi connectivity index (χ1) is 35.8. The highest BCUT2D eigenvalue weighted by atomic mass is 16.5. The lowest BCUT2D eigenvalue weighted by Gasteiger charge is -2.36. The van der Waals surface area contributed by atoms with E-state index >= 15 is 0 Å². The van der Waals surface area contributed by atoms with Gasteiger partial charge in [-0.3, -0.25) is 9.59 Å². The van der Waals surface area contributed by atoms with Crippen molar-refractivity contribution in [3.8, 4) is 22.3 Å².